The van der Waals surface area contributed by atoms with E-state index in [-0.39, 0.29) is 11.2 Å². The number of carbonyl (C=O) groups is 2. The van der Waals surface area contributed by atoms with E-state index in [1.807, 2.05) is 0 Å². The van der Waals surface area contributed by atoms with E-state index in [0.717, 1.165) is 12.1 Å². The third-order valence-electron chi connectivity index (χ3n) is 2.66. The number of fused-ring (bicyclic) bond motifs is 2. The maximum absolute atomic E-state index is 13.3. The molecule has 0 aromatic carbocycles. The van der Waals surface area contributed by atoms with Crippen LogP contribution >= 0.6 is 0 Å². The summed E-state index contributed by atoms with van der Waals surface area (Å²) in [7, 11) is 0. The number of hydrogen-bond donors (Lipinski definition) is 1. The van der Waals surface area contributed by atoms with Gasteiger partial charge in [0.2, 0.25) is 0 Å². The summed E-state index contributed by atoms with van der Waals surface area (Å²) in [5.41, 5.74) is -0.198. The van der Waals surface area contributed by atoms with Crippen LogP contribution in [0.25, 0.3) is 11.2 Å². The number of aliphatic carboxylic acids is 1. The van der Waals surface area contributed by atoms with Crippen molar-refractivity contribution < 1.29 is 50.2 Å². The average molecular weight is 330 g/mol. The second kappa shape index (κ2) is 4.52. The molecule has 0 atom stereocenters. The highest BCUT2D eigenvalue weighted by molar-refractivity contribution is 5.86. The molecule has 0 unspecified atom stereocenters. The van der Waals surface area contributed by atoms with E-state index in [1.165, 1.54) is 6.07 Å². The lowest BCUT2D eigenvalue weighted by Crippen LogP contribution is -2.61. The molecule has 2 rings (SSSR count). The zero-order chi connectivity index (χ0) is 16.9. The fraction of sp³-hybridized carbons (Fsp3) is 0.273. The standard InChI is InChI=1S/C11H4F6O5/c12-9(13,7(18)19)11(16,17)10(14,15)8(20)22-6-3-4-1-2-5(6)21-4/h1-3H,(H,18,19). The normalized spacial score (nSPS) is 13.5. The van der Waals surface area contributed by atoms with Crippen LogP contribution in [0.2, 0.25) is 0 Å². The van der Waals surface area contributed by atoms with Crippen LogP contribution in [0.4, 0.5) is 26.3 Å². The van der Waals surface area contributed by atoms with Gasteiger partial charge in [0.25, 0.3) is 0 Å². The quantitative estimate of drug-likeness (QED) is 0.518. The number of halogens is 6. The van der Waals surface area contributed by atoms with Crippen molar-refractivity contribution in [2.45, 2.75) is 17.8 Å². The van der Waals surface area contributed by atoms with Gasteiger partial charge in [0.05, 0.1) is 0 Å². The van der Waals surface area contributed by atoms with Gasteiger partial charge in [0.15, 0.2) is 11.3 Å². The summed E-state index contributed by atoms with van der Waals surface area (Å²) in [6, 6.07) is 3.37. The van der Waals surface area contributed by atoms with Crippen LogP contribution < -0.4 is 4.74 Å². The molecule has 0 radical (unpaired) electrons. The van der Waals surface area contributed by atoms with Crippen LogP contribution in [0.5, 0.6) is 5.75 Å². The van der Waals surface area contributed by atoms with E-state index in [4.69, 9.17) is 9.52 Å². The molecule has 0 saturated carbocycles. The molecule has 0 saturated heterocycles. The first kappa shape index (κ1) is 15.9. The lowest BCUT2D eigenvalue weighted by molar-refractivity contribution is -0.297. The predicted molar refractivity (Wildman–Crippen MR) is 55.5 cm³/mol. The zero-order valence-electron chi connectivity index (χ0n) is 10.1. The van der Waals surface area contributed by atoms with Gasteiger partial charge in [-0.1, -0.05) is 0 Å². The molecule has 0 aliphatic rings. The van der Waals surface area contributed by atoms with Gasteiger partial charge in [-0.3, -0.25) is 0 Å². The van der Waals surface area contributed by atoms with Gasteiger partial charge in [0.1, 0.15) is 5.58 Å². The molecule has 0 spiro atoms. The number of hydrogen-bond acceptors (Lipinski definition) is 4. The average Bonchev–Trinajstić information content (AvgIpc) is 3.00. The molecule has 22 heavy (non-hydrogen) atoms. The van der Waals surface area contributed by atoms with Gasteiger partial charge >= 0.3 is 29.7 Å². The summed E-state index contributed by atoms with van der Waals surface area (Å²) in [6.45, 7) is 0. The van der Waals surface area contributed by atoms with Gasteiger partial charge in [-0.2, -0.15) is 26.3 Å². The summed E-state index contributed by atoms with van der Waals surface area (Å²) in [4.78, 5) is 21.1. The topological polar surface area (TPSA) is 76.7 Å². The summed E-state index contributed by atoms with van der Waals surface area (Å²) >= 11 is 0. The summed E-state index contributed by atoms with van der Waals surface area (Å²) < 4.78 is 86.9. The monoisotopic (exact) mass is 330 g/mol. The maximum atomic E-state index is 13.3. The van der Waals surface area contributed by atoms with Crippen molar-refractivity contribution >= 4 is 23.1 Å². The Balaban J connectivity index is 2.30. The van der Waals surface area contributed by atoms with Crippen LogP contribution in [0.1, 0.15) is 0 Å². The number of carboxylic acids is 1. The van der Waals surface area contributed by atoms with Crippen molar-refractivity contribution in [3.63, 3.8) is 0 Å². The summed E-state index contributed by atoms with van der Waals surface area (Å²) in [6.07, 6.45) is 0. The highest BCUT2D eigenvalue weighted by atomic mass is 19.3. The summed E-state index contributed by atoms with van der Waals surface area (Å²) in [5, 5.41) is 7.93. The largest absolute Gasteiger partial charge is 0.477 e. The Morgan fingerprint density at radius 3 is 2.05 bits per heavy atom. The van der Waals surface area contributed by atoms with Crippen LogP contribution in [0.15, 0.2) is 22.6 Å². The second-order valence-electron chi connectivity index (χ2n) is 4.13. The molecule has 120 valence electrons. The minimum absolute atomic E-state index is 0.0590. The molecule has 5 nitrogen and oxygen atoms in total. The molecule has 0 amide bonds. The number of rotatable bonds is 5. The Labute approximate surface area is 116 Å². The van der Waals surface area contributed by atoms with Gasteiger partial charge in [-0.25, -0.2) is 9.59 Å². The molecule has 0 aliphatic heterocycles. The molecular formula is C11H4F6O5. The first-order chi connectivity index (χ1) is 9.91. The van der Waals surface area contributed by atoms with Gasteiger partial charge in [0, 0.05) is 6.07 Å². The van der Waals surface area contributed by atoms with Crippen LogP contribution in [0, 0.1) is 0 Å². The fourth-order valence-electron chi connectivity index (χ4n) is 1.47. The first-order valence-electron chi connectivity index (χ1n) is 5.32. The van der Waals surface area contributed by atoms with Crippen molar-refractivity contribution in [2.24, 2.45) is 0 Å². The molecular weight excluding hydrogens is 326 g/mol. The van der Waals surface area contributed by atoms with Gasteiger partial charge < -0.3 is 14.3 Å². The van der Waals surface area contributed by atoms with Gasteiger partial charge in [-0.05, 0) is 12.1 Å². The van der Waals surface area contributed by atoms with E-state index in [9.17, 15) is 35.9 Å². The van der Waals surface area contributed by atoms with E-state index >= 15 is 0 Å². The molecule has 1 N–H and O–H groups in total. The molecule has 0 aliphatic carbocycles. The number of carbonyl (C=O) groups excluding carboxylic acids is 1. The number of alkyl halides is 6. The van der Waals surface area contributed by atoms with Crippen molar-refractivity contribution in [1.82, 2.24) is 0 Å². The highest BCUT2D eigenvalue weighted by Gasteiger charge is 2.79. The van der Waals surface area contributed by atoms with Crippen molar-refractivity contribution in [3.8, 4) is 5.75 Å². The van der Waals surface area contributed by atoms with E-state index in [2.05, 4.69) is 4.74 Å². The number of carboxylic acid groups (broad SMARTS) is 1. The SMILES string of the molecule is O=C(O)C(F)(F)C(F)(F)C(F)(F)C(=O)Oc1cc2ccc1o2. The van der Waals surface area contributed by atoms with E-state index < -0.39 is 35.5 Å². The lowest BCUT2D eigenvalue weighted by atomic mass is 10.0. The second-order valence-corrected chi connectivity index (χ2v) is 4.13. The molecule has 2 bridgehead atoms. The summed E-state index contributed by atoms with van der Waals surface area (Å²) in [5.74, 6) is -26.0. The number of benzene rings is 1. The molecule has 2 heterocycles. The van der Waals surface area contributed by atoms with E-state index in [1.54, 1.807) is 0 Å². The maximum Gasteiger partial charge on any atom is 0.411 e. The van der Waals surface area contributed by atoms with Crippen LogP contribution in [-0.4, -0.2) is 34.8 Å². The molecule has 2 aromatic heterocycles. The van der Waals surface area contributed by atoms with Crippen molar-refractivity contribution in [2.75, 3.05) is 0 Å². The van der Waals surface area contributed by atoms with E-state index in [0.29, 0.717) is 0 Å². The van der Waals surface area contributed by atoms with Gasteiger partial charge in [-0.15, -0.1) is 0 Å². The fourth-order valence-corrected chi connectivity index (χ4v) is 1.47. The van der Waals surface area contributed by atoms with Crippen LogP contribution in [0.3, 0.4) is 0 Å². The predicted octanol–water partition coefficient (Wildman–Crippen LogP) is 2.77. The highest BCUT2D eigenvalue weighted by Crippen LogP contribution is 2.46. The third kappa shape index (κ3) is 2.04. The first-order valence-corrected chi connectivity index (χ1v) is 5.32. The number of furan rings is 2. The lowest BCUT2D eigenvalue weighted by Gasteiger charge is -2.28. The van der Waals surface area contributed by atoms with Crippen molar-refractivity contribution in [3.05, 3.63) is 18.2 Å². The van der Waals surface area contributed by atoms with Crippen LogP contribution in [-0.2, 0) is 9.59 Å². The Morgan fingerprint density at radius 1 is 1.05 bits per heavy atom. The number of esters is 1. The Bertz CT molecular complexity index is 721. The smallest absolute Gasteiger partial charge is 0.411 e. The Morgan fingerprint density at radius 2 is 1.64 bits per heavy atom. The third-order valence-corrected chi connectivity index (χ3v) is 2.66. The minimum Gasteiger partial charge on any atom is -0.477 e. The Hall–Kier alpha value is -2.46. The molecule has 11 heteroatoms. The Kier molecular flexibility index (Phi) is 3.27. The minimum atomic E-state index is -6.50. The molecule has 0 fully saturated rings. The zero-order valence-corrected chi connectivity index (χ0v) is 10.1. The van der Waals surface area contributed by atoms with Crippen molar-refractivity contribution in [1.29, 1.82) is 0 Å². The number of ether oxygens (including phenoxy) is 1. The molecule has 2 aromatic rings.